The average molecular weight is 298 g/mol. The molecule has 0 bridgehead atoms. The number of aliphatic hydroxyl groups excluding tert-OH is 1. The van der Waals surface area contributed by atoms with Gasteiger partial charge in [0.1, 0.15) is 5.75 Å². The number of nitrogens with one attached hydrogen (secondary N) is 1. The molecule has 0 spiro atoms. The number of aryl methyl sites for hydroxylation is 1. The van der Waals surface area contributed by atoms with Crippen LogP contribution in [0.3, 0.4) is 0 Å². The SMILES string of the molecule is COc1cccc(CNC[C@H](O)[CH]Cc2ccc(C)cc2)c1. The first-order chi connectivity index (χ1) is 10.7. The maximum atomic E-state index is 10.0. The molecule has 2 rings (SSSR count). The zero-order chi connectivity index (χ0) is 15.8. The Kier molecular flexibility index (Phi) is 6.44. The molecule has 0 amide bonds. The third-order valence-electron chi connectivity index (χ3n) is 3.56. The molecule has 3 heteroatoms. The molecule has 2 aromatic rings. The summed E-state index contributed by atoms with van der Waals surface area (Å²) in [5.74, 6) is 0.853. The molecule has 1 atom stereocenters. The van der Waals surface area contributed by atoms with Crippen molar-refractivity contribution in [1.29, 1.82) is 0 Å². The van der Waals surface area contributed by atoms with Crippen LogP contribution in [0.15, 0.2) is 48.5 Å². The molecule has 3 nitrogen and oxygen atoms in total. The van der Waals surface area contributed by atoms with Crippen LogP contribution in [0.5, 0.6) is 5.75 Å². The molecule has 0 unspecified atom stereocenters. The highest BCUT2D eigenvalue weighted by Gasteiger charge is 2.05. The zero-order valence-corrected chi connectivity index (χ0v) is 13.3. The molecule has 1 radical (unpaired) electrons. The molecular weight excluding hydrogens is 274 g/mol. The highest BCUT2D eigenvalue weighted by Crippen LogP contribution is 2.12. The highest BCUT2D eigenvalue weighted by atomic mass is 16.5. The molecule has 22 heavy (non-hydrogen) atoms. The smallest absolute Gasteiger partial charge is 0.119 e. The second-order valence-electron chi connectivity index (χ2n) is 5.48. The minimum Gasteiger partial charge on any atom is -0.497 e. The summed E-state index contributed by atoms with van der Waals surface area (Å²) in [5, 5.41) is 13.3. The predicted octanol–water partition coefficient (Wildman–Crippen LogP) is 2.90. The third kappa shape index (κ3) is 5.51. The van der Waals surface area contributed by atoms with Gasteiger partial charge in [0.05, 0.1) is 13.2 Å². The number of ether oxygens (including phenoxy) is 1. The van der Waals surface area contributed by atoms with Gasteiger partial charge in [-0.15, -0.1) is 0 Å². The fourth-order valence-corrected chi connectivity index (χ4v) is 2.23. The number of hydrogen-bond donors (Lipinski definition) is 2. The summed E-state index contributed by atoms with van der Waals surface area (Å²) in [6.07, 6.45) is 2.26. The lowest BCUT2D eigenvalue weighted by Crippen LogP contribution is -2.27. The first-order valence-corrected chi connectivity index (χ1v) is 7.58. The van der Waals surface area contributed by atoms with Gasteiger partial charge in [-0.25, -0.2) is 0 Å². The Morgan fingerprint density at radius 1 is 1.14 bits per heavy atom. The van der Waals surface area contributed by atoms with E-state index in [0.717, 1.165) is 17.7 Å². The van der Waals surface area contributed by atoms with E-state index >= 15 is 0 Å². The molecule has 0 heterocycles. The number of benzene rings is 2. The summed E-state index contributed by atoms with van der Waals surface area (Å²) >= 11 is 0. The van der Waals surface area contributed by atoms with Crippen LogP contribution in [0.25, 0.3) is 0 Å². The summed E-state index contributed by atoms with van der Waals surface area (Å²) < 4.78 is 5.19. The van der Waals surface area contributed by atoms with Gasteiger partial charge in [-0.2, -0.15) is 0 Å². The van der Waals surface area contributed by atoms with Gasteiger partial charge in [0.2, 0.25) is 0 Å². The van der Waals surface area contributed by atoms with E-state index in [1.165, 1.54) is 11.1 Å². The van der Waals surface area contributed by atoms with Crippen molar-refractivity contribution in [3.63, 3.8) is 0 Å². The summed E-state index contributed by atoms with van der Waals surface area (Å²) in [7, 11) is 1.66. The summed E-state index contributed by atoms with van der Waals surface area (Å²) in [4.78, 5) is 0. The molecule has 0 fully saturated rings. The number of rotatable bonds is 8. The van der Waals surface area contributed by atoms with Gasteiger partial charge in [-0.1, -0.05) is 42.0 Å². The van der Waals surface area contributed by atoms with Crippen molar-refractivity contribution in [3.8, 4) is 5.75 Å². The van der Waals surface area contributed by atoms with Crippen molar-refractivity contribution in [2.45, 2.75) is 26.0 Å². The van der Waals surface area contributed by atoms with Crippen molar-refractivity contribution < 1.29 is 9.84 Å². The Labute approximate surface area is 133 Å². The summed E-state index contributed by atoms with van der Waals surface area (Å²) in [6.45, 7) is 3.33. The van der Waals surface area contributed by atoms with Crippen molar-refractivity contribution in [2.24, 2.45) is 0 Å². The van der Waals surface area contributed by atoms with Crippen LogP contribution < -0.4 is 10.1 Å². The lowest BCUT2D eigenvalue weighted by atomic mass is 10.1. The second-order valence-corrected chi connectivity index (χ2v) is 5.48. The monoisotopic (exact) mass is 298 g/mol. The Hall–Kier alpha value is -1.84. The molecule has 0 aliphatic carbocycles. The molecule has 117 valence electrons. The highest BCUT2D eigenvalue weighted by molar-refractivity contribution is 5.28. The maximum absolute atomic E-state index is 10.0. The second kappa shape index (κ2) is 8.57. The van der Waals surface area contributed by atoms with E-state index in [1.54, 1.807) is 7.11 Å². The number of methoxy groups -OCH3 is 1. The molecular formula is C19H24NO2. The molecule has 2 N–H and O–H groups in total. The fourth-order valence-electron chi connectivity index (χ4n) is 2.23. The van der Waals surface area contributed by atoms with Crippen molar-refractivity contribution in [1.82, 2.24) is 5.32 Å². The topological polar surface area (TPSA) is 41.5 Å². The predicted molar refractivity (Wildman–Crippen MR) is 89.9 cm³/mol. The van der Waals surface area contributed by atoms with Crippen LogP contribution in [0, 0.1) is 13.3 Å². The molecule has 0 saturated heterocycles. The fraction of sp³-hybridized carbons (Fsp3) is 0.316. The minimum atomic E-state index is -0.452. The van der Waals surface area contributed by atoms with Crippen molar-refractivity contribution in [3.05, 3.63) is 71.6 Å². The van der Waals surface area contributed by atoms with Crippen molar-refractivity contribution >= 4 is 0 Å². The normalized spacial score (nSPS) is 12.1. The van der Waals surface area contributed by atoms with Crippen LogP contribution in [0.1, 0.15) is 16.7 Å². The number of hydrogen-bond acceptors (Lipinski definition) is 3. The molecule has 0 saturated carbocycles. The Bertz CT molecular complexity index is 566. The minimum absolute atomic E-state index is 0.452. The van der Waals surface area contributed by atoms with Gasteiger partial charge in [-0.05, 0) is 43.0 Å². The van der Waals surface area contributed by atoms with Gasteiger partial charge in [-0.3, -0.25) is 0 Å². The third-order valence-corrected chi connectivity index (χ3v) is 3.56. The van der Waals surface area contributed by atoms with Gasteiger partial charge in [0, 0.05) is 13.1 Å². The first-order valence-electron chi connectivity index (χ1n) is 7.58. The molecule has 0 aromatic heterocycles. The van der Waals surface area contributed by atoms with E-state index in [9.17, 15) is 5.11 Å². The van der Waals surface area contributed by atoms with Gasteiger partial charge in [0.25, 0.3) is 0 Å². The van der Waals surface area contributed by atoms with Gasteiger partial charge >= 0.3 is 0 Å². The number of aliphatic hydroxyl groups is 1. The van der Waals surface area contributed by atoms with Crippen LogP contribution in [0.2, 0.25) is 0 Å². The van der Waals surface area contributed by atoms with Crippen LogP contribution in [-0.4, -0.2) is 24.9 Å². The summed E-state index contributed by atoms with van der Waals surface area (Å²) in [5.41, 5.74) is 3.62. The van der Waals surface area contributed by atoms with Crippen LogP contribution >= 0.6 is 0 Å². The largest absolute Gasteiger partial charge is 0.497 e. The van der Waals surface area contributed by atoms with Crippen molar-refractivity contribution in [2.75, 3.05) is 13.7 Å². The molecule has 0 aliphatic heterocycles. The lowest BCUT2D eigenvalue weighted by molar-refractivity contribution is 0.200. The van der Waals surface area contributed by atoms with E-state index in [2.05, 4.69) is 36.5 Å². The van der Waals surface area contributed by atoms with Crippen LogP contribution in [-0.2, 0) is 13.0 Å². The quantitative estimate of drug-likeness (QED) is 0.787. The molecule has 0 aliphatic rings. The van der Waals surface area contributed by atoms with Gasteiger partial charge < -0.3 is 15.2 Å². The Balaban J connectivity index is 1.69. The van der Waals surface area contributed by atoms with E-state index in [0.29, 0.717) is 13.1 Å². The van der Waals surface area contributed by atoms with E-state index in [-0.39, 0.29) is 0 Å². The Morgan fingerprint density at radius 2 is 1.91 bits per heavy atom. The Morgan fingerprint density at radius 3 is 2.64 bits per heavy atom. The van der Waals surface area contributed by atoms with Crippen LogP contribution in [0.4, 0.5) is 0 Å². The molecule has 2 aromatic carbocycles. The van der Waals surface area contributed by atoms with E-state index in [4.69, 9.17) is 4.74 Å². The maximum Gasteiger partial charge on any atom is 0.119 e. The lowest BCUT2D eigenvalue weighted by Gasteiger charge is -2.12. The van der Waals surface area contributed by atoms with Gasteiger partial charge in [0.15, 0.2) is 0 Å². The standard InChI is InChI=1S/C19H24NO2/c1-15-6-8-16(9-7-15)10-11-18(21)14-20-13-17-4-3-5-19(12-17)22-2/h3-9,11-12,18,20-21H,10,13-14H2,1-2H3/t18-/m1/s1. The average Bonchev–Trinajstić information content (AvgIpc) is 2.54. The first kappa shape index (κ1) is 16.5. The van der Waals surface area contributed by atoms with E-state index in [1.807, 2.05) is 30.7 Å². The summed E-state index contributed by atoms with van der Waals surface area (Å²) in [6, 6.07) is 16.3. The zero-order valence-electron chi connectivity index (χ0n) is 13.3. The van der Waals surface area contributed by atoms with E-state index < -0.39 is 6.10 Å².